The highest BCUT2D eigenvalue weighted by Crippen LogP contribution is 2.22. The first-order valence-electron chi connectivity index (χ1n) is 7.01. The number of nitrogens with zero attached hydrogens (tertiary/aromatic N) is 2. The van der Waals surface area contributed by atoms with Crippen molar-refractivity contribution in [3.05, 3.63) is 46.8 Å². The van der Waals surface area contributed by atoms with Gasteiger partial charge in [-0.1, -0.05) is 0 Å². The van der Waals surface area contributed by atoms with E-state index in [-0.39, 0.29) is 5.91 Å². The third-order valence-electron chi connectivity index (χ3n) is 3.66. The average Bonchev–Trinajstić information content (AvgIpc) is 3.09. The molecule has 0 spiro atoms. The van der Waals surface area contributed by atoms with Crippen LogP contribution in [-0.2, 0) is 19.3 Å². The number of carbonyl (C=O) groups excluding carboxylic acids is 1. The zero-order valence-electron chi connectivity index (χ0n) is 11.6. The first-order valence-corrected chi connectivity index (χ1v) is 7.01. The van der Waals surface area contributed by atoms with Gasteiger partial charge in [-0.25, -0.2) is 9.97 Å². The van der Waals surface area contributed by atoms with E-state index in [1.165, 1.54) is 17.7 Å². The van der Waals surface area contributed by atoms with Crippen LogP contribution in [0.15, 0.2) is 18.3 Å². The van der Waals surface area contributed by atoms with E-state index in [0.717, 1.165) is 24.4 Å². The fraction of sp³-hybridized carbons (Fsp3) is 0.400. The lowest BCUT2D eigenvalue weighted by Crippen LogP contribution is -2.26. The Kier molecular flexibility index (Phi) is 3.50. The summed E-state index contributed by atoms with van der Waals surface area (Å²) >= 11 is 0. The minimum Gasteiger partial charge on any atom is -0.357 e. The molecule has 2 aromatic rings. The summed E-state index contributed by atoms with van der Waals surface area (Å²) < 4.78 is 0. The summed E-state index contributed by atoms with van der Waals surface area (Å²) in [6.07, 6.45) is 5.74. The van der Waals surface area contributed by atoms with E-state index in [4.69, 9.17) is 0 Å². The molecule has 0 fully saturated rings. The molecule has 0 bridgehead atoms. The monoisotopic (exact) mass is 270 g/mol. The molecule has 0 radical (unpaired) electrons. The highest BCUT2D eigenvalue weighted by atomic mass is 16.1. The lowest BCUT2D eigenvalue weighted by molar-refractivity contribution is 0.0949. The number of amides is 1. The van der Waals surface area contributed by atoms with Crippen LogP contribution in [-0.4, -0.2) is 27.4 Å². The topological polar surface area (TPSA) is 70.7 Å². The van der Waals surface area contributed by atoms with Gasteiger partial charge in [-0.05, 0) is 43.9 Å². The first kappa shape index (κ1) is 12.8. The van der Waals surface area contributed by atoms with Crippen LogP contribution in [0.2, 0.25) is 0 Å². The number of hydrogen-bond donors (Lipinski definition) is 2. The number of aromatic amines is 1. The van der Waals surface area contributed by atoms with Gasteiger partial charge in [0.15, 0.2) is 0 Å². The molecule has 0 unspecified atom stereocenters. The molecule has 1 aliphatic rings. The predicted octanol–water partition coefficient (Wildman–Crippen LogP) is 1.57. The van der Waals surface area contributed by atoms with E-state index in [1.54, 1.807) is 12.3 Å². The van der Waals surface area contributed by atoms with Crippen molar-refractivity contribution in [2.45, 2.75) is 32.6 Å². The van der Waals surface area contributed by atoms with Gasteiger partial charge in [0.2, 0.25) is 0 Å². The Labute approximate surface area is 117 Å². The lowest BCUT2D eigenvalue weighted by atomic mass is 10.2. The van der Waals surface area contributed by atoms with E-state index in [2.05, 4.69) is 20.3 Å². The minimum atomic E-state index is -0.0899. The average molecular weight is 270 g/mol. The largest absolute Gasteiger partial charge is 0.357 e. The van der Waals surface area contributed by atoms with Crippen molar-refractivity contribution in [1.82, 2.24) is 20.3 Å². The van der Waals surface area contributed by atoms with Crippen LogP contribution >= 0.6 is 0 Å². The molecule has 5 heteroatoms. The van der Waals surface area contributed by atoms with Crippen molar-refractivity contribution < 1.29 is 4.79 Å². The van der Waals surface area contributed by atoms with Gasteiger partial charge in [-0.3, -0.25) is 4.79 Å². The molecule has 0 aliphatic heterocycles. The van der Waals surface area contributed by atoms with Gasteiger partial charge in [0.25, 0.3) is 5.91 Å². The molecular formula is C15H18N4O. The summed E-state index contributed by atoms with van der Waals surface area (Å²) in [7, 11) is 0. The van der Waals surface area contributed by atoms with Gasteiger partial charge in [0, 0.05) is 30.6 Å². The fourth-order valence-corrected chi connectivity index (χ4v) is 2.65. The number of aryl methyl sites for hydroxylation is 2. The van der Waals surface area contributed by atoms with Gasteiger partial charge in [-0.2, -0.15) is 0 Å². The Morgan fingerprint density at radius 2 is 2.30 bits per heavy atom. The van der Waals surface area contributed by atoms with Crippen molar-refractivity contribution in [2.24, 2.45) is 0 Å². The normalized spacial score (nSPS) is 13.2. The second-order valence-electron chi connectivity index (χ2n) is 5.09. The summed E-state index contributed by atoms with van der Waals surface area (Å²) in [5.41, 5.74) is 4.20. The summed E-state index contributed by atoms with van der Waals surface area (Å²) in [6, 6.07) is 3.56. The zero-order valence-corrected chi connectivity index (χ0v) is 11.6. The van der Waals surface area contributed by atoms with Crippen LogP contribution in [0.5, 0.6) is 0 Å². The second-order valence-corrected chi connectivity index (χ2v) is 5.09. The van der Waals surface area contributed by atoms with Crippen LogP contribution in [0.25, 0.3) is 0 Å². The van der Waals surface area contributed by atoms with Gasteiger partial charge in [0.1, 0.15) is 11.5 Å². The molecule has 2 N–H and O–H groups in total. The standard InChI is InChI=1S/C15H18N4O/c1-10-11-4-2-5-12(11)19-14(18-10)7-9-17-15(20)13-6-3-8-16-13/h3,6,8,16H,2,4-5,7,9H2,1H3,(H,17,20). The van der Waals surface area contributed by atoms with Crippen LogP contribution in [0.4, 0.5) is 0 Å². The maximum atomic E-state index is 11.8. The van der Waals surface area contributed by atoms with Crippen LogP contribution < -0.4 is 5.32 Å². The molecule has 5 nitrogen and oxygen atoms in total. The number of fused-ring (bicyclic) bond motifs is 1. The minimum absolute atomic E-state index is 0.0899. The van der Waals surface area contributed by atoms with Gasteiger partial charge in [-0.15, -0.1) is 0 Å². The van der Waals surface area contributed by atoms with Crippen LogP contribution in [0.3, 0.4) is 0 Å². The summed E-state index contributed by atoms with van der Waals surface area (Å²) in [6.45, 7) is 2.60. The van der Waals surface area contributed by atoms with Crippen LogP contribution in [0, 0.1) is 6.92 Å². The number of H-pyrrole nitrogens is 1. The third-order valence-corrected chi connectivity index (χ3v) is 3.66. The van der Waals surface area contributed by atoms with Gasteiger partial charge in [0.05, 0.1) is 0 Å². The van der Waals surface area contributed by atoms with E-state index in [9.17, 15) is 4.79 Å². The molecule has 1 amide bonds. The molecule has 0 saturated heterocycles. The molecule has 3 rings (SSSR count). The van der Waals surface area contributed by atoms with Crippen LogP contribution in [0.1, 0.15) is 39.7 Å². The maximum absolute atomic E-state index is 11.8. The number of rotatable bonds is 4. The summed E-state index contributed by atoms with van der Waals surface area (Å²) in [5.74, 6) is 0.739. The third kappa shape index (κ3) is 2.57. The molecule has 0 aromatic carbocycles. The van der Waals surface area contributed by atoms with Crippen molar-refractivity contribution in [1.29, 1.82) is 0 Å². The SMILES string of the molecule is Cc1nc(CCNC(=O)c2ccc[nH]2)nc2c1CCC2. The van der Waals surface area contributed by atoms with Crippen molar-refractivity contribution in [3.63, 3.8) is 0 Å². The van der Waals surface area contributed by atoms with Crippen molar-refractivity contribution in [3.8, 4) is 0 Å². The molecule has 0 atom stereocenters. The number of hydrogen-bond acceptors (Lipinski definition) is 3. The Hall–Kier alpha value is -2.17. The Morgan fingerprint density at radius 1 is 1.40 bits per heavy atom. The quantitative estimate of drug-likeness (QED) is 0.886. The van der Waals surface area contributed by atoms with Crippen molar-refractivity contribution >= 4 is 5.91 Å². The van der Waals surface area contributed by atoms with Gasteiger partial charge >= 0.3 is 0 Å². The molecular weight excluding hydrogens is 252 g/mol. The number of aromatic nitrogens is 3. The molecule has 0 saturated carbocycles. The Balaban J connectivity index is 1.59. The number of carbonyl (C=O) groups is 1. The molecule has 1 aliphatic carbocycles. The Morgan fingerprint density at radius 3 is 3.10 bits per heavy atom. The van der Waals surface area contributed by atoms with Crippen molar-refractivity contribution in [2.75, 3.05) is 6.54 Å². The number of nitrogens with one attached hydrogen (secondary N) is 2. The van der Waals surface area contributed by atoms with Gasteiger partial charge < -0.3 is 10.3 Å². The van der Waals surface area contributed by atoms with E-state index < -0.39 is 0 Å². The summed E-state index contributed by atoms with van der Waals surface area (Å²) in [5, 5.41) is 2.87. The first-order chi connectivity index (χ1) is 9.74. The second kappa shape index (κ2) is 5.45. The smallest absolute Gasteiger partial charge is 0.267 e. The van der Waals surface area contributed by atoms with E-state index in [0.29, 0.717) is 18.7 Å². The Bertz CT molecular complexity index is 619. The highest BCUT2D eigenvalue weighted by Gasteiger charge is 2.16. The van der Waals surface area contributed by atoms with E-state index in [1.807, 2.05) is 13.0 Å². The zero-order chi connectivity index (χ0) is 13.9. The summed E-state index contributed by atoms with van der Waals surface area (Å²) in [4.78, 5) is 23.8. The fourth-order valence-electron chi connectivity index (χ4n) is 2.65. The van der Waals surface area contributed by atoms with E-state index >= 15 is 0 Å². The molecule has 2 heterocycles. The highest BCUT2D eigenvalue weighted by molar-refractivity contribution is 5.92. The maximum Gasteiger partial charge on any atom is 0.267 e. The lowest BCUT2D eigenvalue weighted by Gasteiger charge is -2.07. The molecule has 20 heavy (non-hydrogen) atoms. The molecule has 104 valence electrons. The predicted molar refractivity (Wildman–Crippen MR) is 75.6 cm³/mol. The molecule has 2 aromatic heterocycles.